The number of benzene rings is 2. The first-order valence-electron chi connectivity index (χ1n) is 11.5. The van der Waals surface area contributed by atoms with Crippen LogP contribution in [0.25, 0.3) is 22.0 Å². The van der Waals surface area contributed by atoms with Crippen molar-refractivity contribution >= 4 is 28.3 Å². The van der Waals surface area contributed by atoms with E-state index < -0.39 is 18.0 Å². The molecule has 1 saturated carbocycles. The first-order chi connectivity index (χ1) is 17.1. The summed E-state index contributed by atoms with van der Waals surface area (Å²) in [5, 5.41) is 28.4. The maximum absolute atomic E-state index is 13.2. The molecule has 5 rings (SSSR count). The Bertz CT molecular complexity index is 1440. The number of H-pyrrole nitrogens is 1. The number of aliphatic hydroxyl groups excluding tert-OH is 1. The molecule has 1 atom stereocenters. The van der Waals surface area contributed by atoms with Gasteiger partial charge in [0.15, 0.2) is 5.82 Å². The Morgan fingerprint density at radius 3 is 2.72 bits per heavy atom. The topological polar surface area (TPSA) is 108 Å². The number of rotatable bonds is 7. The number of amides is 1. The maximum Gasteiger partial charge on any atom is 0.416 e. The summed E-state index contributed by atoms with van der Waals surface area (Å²) < 4.78 is 41.1. The Morgan fingerprint density at radius 1 is 1.22 bits per heavy atom. The average Bonchev–Trinajstić information content (AvgIpc) is 3.50. The van der Waals surface area contributed by atoms with Gasteiger partial charge in [-0.25, -0.2) is 0 Å². The van der Waals surface area contributed by atoms with Crippen LogP contribution in [-0.4, -0.2) is 37.2 Å². The number of hydrogen-bond donors (Lipinski definition) is 4. The summed E-state index contributed by atoms with van der Waals surface area (Å²) in [6.45, 7) is 3.25. The van der Waals surface area contributed by atoms with Crippen LogP contribution < -0.4 is 10.6 Å². The van der Waals surface area contributed by atoms with Gasteiger partial charge in [-0.2, -0.15) is 23.4 Å². The Labute approximate surface area is 204 Å². The Balaban J connectivity index is 1.30. The molecule has 11 heteroatoms. The smallest absolute Gasteiger partial charge is 0.372 e. The third kappa shape index (κ3) is 4.92. The number of anilines is 2. The number of nitrogens with one attached hydrogen (secondary N) is 3. The number of fused-ring (bicyclic) bond motifs is 1. The largest absolute Gasteiger partial charge is 0.416 e. The van der Waals surface area contributed by atoms with Gasteiger partial charge in [0.05, 0.1) is 23.3 Å². The van der Waals surface area contributed by atoms with Gasteiger partial charge in [-0.15, -0.1) is 0 Å². The summed E-state index contributed by atoms with van der Waals surface area (Å²) in [6.07, 6.45) is -2.05. The van der Waals surface area contributed by atoms with Crippen molar-refractivity contribution in [1.82, 2.24) is 20.0 Å². The molecule has 2 heterocycles. The van der Waals surface area contributed by atoms with Gasteiger partial charge in [0, 0.05) is 28.8 Å². The van der Waals surface area contributed by atoms with Crippen LogP contribution in [0.3, 0.4) is 0 Å². The van der Waals surface area contributed by atoms with E-state index in [9.17, 15) is 23.1 Å². The summed E-state index contributed by atoms with van der Waals surface area (Å²) >= 11 is 0. The molecule has 1 aliphatic rings. The van der Waals surface area contributed by atoms with Crippen molar-refractivity contribution < 1.29 is 23.1 Å². The lowest BCUT2D eigenvalue weighted by Crippen LogP contribution is -2.25. The van der Waals surface area contributed by atoms with Crippen molar-refractivity contribution in [3.05, 3.63) is 59.4 Å². The molecule has 1 unspecified atom stereocenters. The van der Waals surface area contributed by atoms with E-state index in [-0.39, 0.29) is 29.6 Å². The number of aryl methyl sites for hydroxylation is 2. The van der Waals surface area contributed by atoms with Crippen LogP contribution in [0.2, 0.25) is 0 Å². The second kappa shape index (κ2) is 8.98. The van der Waals surface area contributed by atoms with Crippen LogP contribution in [0.5, 0.6) is 0 Å². The van der Waals surface area contributed by atoms with E-state index in [0.29, 0.717) is 5.82 Å². The Morgan fingerprint density at radius 2 is 2.00 bits per heavy atom. The van der Waals surface area contributed by atoms with Crippen molar-refractivity contribution in [2.75, 3.05) is 10.6 Å². The zero-order valence-corrected chi connectivity index (χ0v) is 19.6. The van der Waals surface area contributed by atoms with Crippen LogP contribution in [0, 0.1) is 19.8 Å². The van der Waals surface area contributed by atoms with Crippen LogP contribution in [0.15, 0.2) is 42.6 Å². The fourth-order valence-electron chi connectivity index (χ4n) is 4.17. The van der Waals surface area contributed by atoms with E-state index in [2.05, 4.69) is 25.9 Å². The third-order valence-electron chi connectivity index (χ3n) is 6.25. The highest BCUT2D eigenvalue weighted by Gasteiger charge is 2.32. The zero-order chi connectivity index (χ0) is 25.6. The number of alkyl halides is 3. The predicted molar refractivity (Wildman–Crippen MR) is 129 cm³/mol. The minimum Gasteiger partial charge on any atom is -0.372 e. The zero-order valence-electron chi connectivity index (χ0n) is 19.6. The number of hydrogen-bond acceptors (Lipinski definition) is 5. The van der Waals surface area contributed by atoms with Crippen molar-refractivity contribution in [2.45, 2.75) is 45.6 Å². The van der Waals surface area contributed by atoms with Crippen LogP contribution in [-0.2, 0) is 17.5 Å². The predicted octanol–water partition coefficient (Wildman–Crippen LogP) is 4.84. The van der Waals surface area contributed by atoms with Gasteiger partial charge < -0.3 is 15.7 Å². The normalized spacial score (nSPS) is 14.7. The summed E-state index contributed by atoms with van der Waals surface area (Å²) in [5.74, 6) is 0.559. The van der Waals surface area contributed by atoms with Crippen LogP contribution in [0.1, 0.15) is 29.7 Å². The monoisotopic (exact) mass is 498 g/mol. The molecule has 0 bridgehead atoms. The maximum atomic E-state index is 13.2. The van der Waals surface area contributed by atoms with Gasteiger partial charge in [-0.3, -0.25) is 14.6 Å². The molecular weight excluding hydrogens is 473 g/mol. The van der Waals surface area contributed by atoms with Crippen molar-refractivity contribution in [2.24, 2.45) is 5.92 Å². The van der Waals surface area contributed by atoms with Gasteiger partial charge in [0.1, 0.15) is 6.23 Å². The lowest BCUT2D eigenvalue weighted by atomic mass is 10.1. The molecular formula is C25H25F3N6O2. The highest BCUT2D eigenvalue weighted by atomic mass is 19.4. The Kier molecular flexibility index (Phi) is 5.95. The molecule has 8 nitrogen and oxygen atoms in total. The number of nitrogens with zero attached hydrogens (tertiary/aromatic N) is 3. The standard InChI is InChI=1S/C25H25F3N6O2/c1-13-3-7-17(10-20(13)25(26,27)28)29-22(35)12-34-11-19(14(2)33-34)16-6-8-18-21(9-16)31-32-23(18)30-24(36)15-4-5-15/h3,6-11,15,22,29,35H,4-5,12H2,1-2H3,(H2,30,31,32,36). The molecule has 2 aromatic heterocycles. The second-order valence-corrected chi connectivity index (χ2v) is 9.13. The van der Waals surface area contributed by atoms with E-state index in [1.165, 1.54) is 19.1 Å². The first kappa shape index (κ1) is 23.9. The van der Waals surface area contributed by atoms with Crippen molar-refractivity contribution in [1.29, 1.82) is 0 Å². The van der Waals surface area contributed by atoms with Crippen LogP contribution >= 0.6 is 0 Å². The van der Waals surface area contributed by atoms with E-state index >= 15 is 0 Å². The number of aromatic amines is 1. The first-order valence-corrected chi connectivity index (χ1v) is 11.5. The molecule has 36 heavy (non-hydrogen) atoms. The summed E-state index contributed by atoms with van der Waals surface area (Å²) in [5.41, 5.74) is 2.70. The van der Waals surface area contributed by atoms with E-state index in [1.807, 2.05) is 25.1 Å². The molecule has 0 aliphatic heterocycles. The average molecular weight is 499 g/mol. The molecule has 1 aliphatic carbocycles. The highest BCUT2D eigenvalue weighted by molar-refractivity contribution is 6.02. The Hall–Kier alpha value is -3.86. The third-order valence-corrected chi connectivity index (χ3v) is 6.25. The number of halogens is 3. The number of carbonyl (C=O) groups is 1. The fraction of sp³-hybridized carbons (Fsp3) is 0.320. The van der Waals surface area contributed by atoms with E-state index in [1.54, 1.807) is 10.9 Å². The highest BCUT2D eigenvalue weighted by Crippen LogP contribution is 2.34. The molecule has 4 N–H and O–H groups in total. The molecule has 1 amide bonds. The number of aromatic nitrogens is 4. The molecule has 0 spiro atoms. The molecule has 0 saturated heterocycles. The molecule has 0 radical (unpaired) electrons. The van der Waals surface area contributed by atoms with Gasteiger partial charge >= 0.3 is 6.18 Å². The van der Waals surface area contributed by atoms with Crippen molar-refractivity contribution in [3.63, 3.8) is 0 Å². The lowest BCUT2D eigenvalue weighted by molar-refractivity contribution is -0.138. The fourth-order valence-corrected chi connectivity index (χ4v) is 4.17. The lowest BCUT2D eigenvalue weighted by Gasteiger charge is -2.17. The SMILES string of the molecule is Cc1ccc(NC(O)Cn2cc(-c3ccc4c(NC(=O)C5CC5)n[nH]c4c3)c(C)n2)cc1C(F)(F)F. The van der Waals surface area contributed by atoms with Gasteiger partial charge in [0.2, 0.25) is 5.91 Å². The molecule has 2 aromatic carbocycles. The van der Waals surface area contributed by atoms with Gasteiger partial charge in [-0.05, 0) is 62.1 Å². The van der Waals surface area contributed by atoms with Crippen LogP contribution in [0.4, 0.5) is 24.7 Å². The van der Waals surface area contributed by atoms with E-state index in [4.69, 9.17) is 0 Å². The second-order valence-electron chi connectivity index (χ2n) is 9.13. The number of carbonyl (C=O) groups excluding carboxylic acids is 1. The summed E-state index contributed by atoms with van der Waals surface area (Å²) in [4.78, 5) is 12.1. The number of aliphatic hydroxyl groups is 1. The molecule has 1 fully saturated rings. The minimum absolute atomic E-state index is 0.0166. The molecule has 188 valence electrons. The summed E-state index contributed by atoms with van der Waals surface area (Å²) in [6, 6.07) is 9.53. The van der Waals surface area contributed by atoms with Crippen molar-refractivity contribution in [3.8, 4) is 11.1 Å². The quantitative estimate of drug-likeness (QED) is 0.273. The van der Waals surface area contributed by atoms with E-state index in [0.717, 1.165) is 46.6 Å². The minimum atomic E-state index is -4.47. The van der Waals surface area contributed by atoms with Gasteiger partial charge in [0.25, 0.3) is 0 Å². The summed E-state index contributed by atoms with van der Waals surface area (Å²) in [7, 11) is 0. The molecule has 4 aromatic rings. The van der Waals surface area contributed by atoms with Gasteiger partial charge in [-0.1, -0.05) is 12.1 Å².